The van der Waals surface area contributed by atoms with Crippen LogP contribution in [0.25, 0.3) is 0 Å². The molecule has 1 aromatic rings. The Hall–Kier alpha value is -0.940. The summed E-state index contributed by atoms with van der Waals surface area (Å²) in [5.74, 6) is -1.24. The van der Waals surface area contributed by atoms with Gasteiger partial charge in [-0.2, -0.15) is 0 Å². The van der Waals surface area contributed by atoms with E-state index in [1.54, 1.807) is 0 Å². The Morgan fingerprint density at radius 1 is 1.56 bits per heavy atom. The molecular formula is C9H7Cl2F2NO2. The quantitative estimate of drug-likeness (QED) is 0.855. The van der Waals surface area contributed by atoms with Crippen molar-refractivity contribution >= 4 is 29.2 Å². The van der Waals surface area contributed by atoms with Gasteiger partial charge < -0.3 is 5.11 Å². The lowest BCUT2D eigenvalue weighted by Gasteiger charge is -2.09. The van der Waals surface area contributed by atoms with Crippen molar-refractivity contribution in [3.63, 3.8) is 0 Å². The third-order valence-electron chi connectivity index (χ3n) is 1.85. The molecule has 1 rings (SSSR count). The average Bonchev–Trinajstić information content (AvgIpc) is 2.16. The summed E-state index contributed by atoms with van der Waals surface area (Å²) in [7, 11) is 0. The van der Waals surface area contributed by atoms with Crippen molar-refractivity contribution in [1.29, 1.82) is 0 Å². The second-order valence-electron chi connectivity index (χ2n) is 2.97. The number of hydrogen-bond acceptors (Lipinski definition) is 2. The van der Waals surface area contributed by atoms with Crippen molar-refractivity contribution < 1.29 is 18.7 Å². The van der Waals surface area contributed by atoms with Crippen LogP contribution in [0.3, 0.4) is 0 Å². The van der Waals surface area contributed by atoms with E-state index < -0.39 is 18.1 Å². The van der Waals surface area contributed by atoms with E-state index in [9.17, 15) is 13.6 Å². The van der Waals surface area contributed by atoms with Crippen LogP contribution in [0, 0.1) is 0 Å². The standard InChI is InChI=1S/C9H7Cl2F2NO2/c10-3-6-4(2-7(15)16)1-5(11)8(14-6)9(12)13/h1,9H,2-3H2,(H,15,16). The molecule has 1 N–H and O–H groups in total. The van der Waals surface area contributed by atoms with Crippen molar-refractivity contribution in [3.05, 3.63) is 28.0 Å². The molecule has 16 heavy (non-hydrogen) atoms. The normalized spacial score (nSPS) is 10.8. The summed E-state index contributed by atoms with van der Waals surface area (Å²) in [6, 6.07) is 1.17. The first-order valence-electron chi connectivity index (χ1n) is 4.19. The van der Waals surface area contributed by atoms with Crippen LogP contribution in [0.15, 0.2) is 6.07 Å². The minimum atomic E-state index is -2.81. The zero-order chi connectivity index (χ0) is 12.3. The van der Waals surface area contributed by atoms with Crippen LogP contribution < -0.4 is 0 Å². The van der Waals surface area contributed by atoms with E-state index in [0.717, 1.165) is 0 Å². The highest BCUT2D eigenvalue weighted by Gasteiger charge is 2.18. The Bertz CT molecular complexity index is 413. The van der Waals surface area contributed by atoms with Crippen LogP contribution in [0.5, 0.6) is 0 Å². The fourth-order valence-corrected chi connectivity index (χ4v) is 1.65. The van der Waals surface area contributed by atoms with Crippen molar-refractivity contribution in [3.8, 4) is 0 Å². The summed E-state index contributed by atoms with van der Waals surface area (Å²) in [4.78, 5) is 14.1. The van der Waals surface area contributed by atoms with Crippen molar-refractivity contribution in [1.82, 2.24) is 4.98 Å². The van der Waals surface area contributed by atoms with E-state index in [4.69, 9.17) is 28.3 Å². The molecule has 88 valence electrons. The van der Waals surface area contributed by atoms with E-state index in [1.807, 2.05) is 0 Å². The largest absolute Gasteiger partial charge is 0.481 e. The maximum Gasteiger partial charge on any atom is 0.307 e. The predicted molar refractivity (Wildman–Crippen MR) is 55.1 cm³/mol. The lowest BCUT2D eigenvalue weighted by atomic mass is 10.1. The Morgan fingerprint density at radius 3 is 2.62 bits per heavy atom. The molecule has 0 spiro atoms. The number of carboxylic acid groups (broad SMARTS) is 1. The van der Waals surface area contributed by atoms with Gasteiger partial charge in [-0.25, -0.2) is 13.8 Å². The third kappa shape index (κ3) is 3.02. The van der Waals surface area contributed by atoms with E-state index in [-0.39, 0.29) is 28.6 Å². The van der Waals surface area contributed by atoms with Gasteiger partial charge >= 0.3 is 5.97 Å². The van der Waals surface area contributed by atoms with Crippen molar-refractivity contribution in [2.75, 3.05) is 0 Å². The molecule has 7 heteroatoms. The molecule has 1 aromatic heterocycles. The molecule has 0 saturated heterocycles. The smallest absolute Gasteiger partial charge is 0.307 e. The summed E-state index contributed by atoms with van der Waals surface area (Å²) in [6.07, 6.45) is -3.16. The van der Waals surface area contributed by atoms with Crippen molar-refractivity contribution in [2.24, 2.45) is 0 Å². The Labute approximate surface area is 100 Å². The second-order valence-corrected chi connectivity index (χ2v) is 3.64. The van der Waals surface area contributed by atoms with Gasteiger partial charge in [0.15, 0.2) is 0 Å². The van der Waals surface area contributed by atoms with E-state index in [2.05, 4.69) is 4.98 Å². The number of aromatic nitrogens is 1. The molecule has 3 nitrogen and oxygen atoms in total. The van der Waals surface area contributed by atoms with Crippen LogP contribution in [-0.4, -0.2) is 16.1 Å². The number of halogens is 4. The highest BCUT2D eigenvalue weighted by Crippen LogP contribution is 2.27. The Balaban J connectivity index is 3.20. The van der Waals surface area contributed by atoms with Gasteiger partial charge in [-0.1, -0.05) is 11.6 Å². The molecular weight excluding hydrogens is 263 g/mol. The molecule has 0 fully saturated rings. The molecule has 0 aliphatic heterocycles. The molecule has 0 saturated carbocycles. The molecule has 0 radical (unpaired) electrons. The van der Waals surface area contributed by atoms with Gasteiger partial charge in [0.1, 0.15) is 5.69 Å². The summed E-state index contributed by atoms with van der Waals surface area (Å²) >= 11 is 11.1. The number of alkyl halides is 3. The number of nitrogens with zero attached hydrogens (tertiary/aromatic N) is 1. The van der Waals surface area contributed by atoms with Gasteiger partial charge in [-0.05, 0) is 11.6 Å². The predicted octanol–water partition coefficient (Wildman–Crippen LogP) is 3.04. The molecule has 0 aliphatic carbocycles. The fourth-order valence-electron chi connectivity index (χ4n) is 1.17. The van der Waals surface area contributed by atoms with Gasteiger partial charge in [0.2, 0.25) is 0 Å². The van der Waals surface area contributed by atoms with Crippen molar-refractivity contribution in [2.45, 2.75) is 18.7 Å². The van der Waals surface area contributed by atoms with E-state index in [1.165, 1.54) is 6.07 Å². The third-order valence-corrected chi connectivity index (χ3v) is 2.40. The molecule has 1 heterocycles. The SMILES string of the molecule is O=C(O)Cc1cc(Cl)c(C(F)F)nc1CCl. The zero-order valence-electron chi connectivity index (χ0n) is 7.88. The number of carboxylic acids is 1. The average molecular weight is 270 g/mol. The first kappa shape index (κ1) is 13.1. The van der Waals surface area contributed by atoms with E-state index >= 15 is 0 Å². The maximum absolute atomic E-state index is 12.4. The lowest BCUT2D eigenvalue weighted by Crippen LogP contribution is -2.07. The Kier molecular flexibility index (Phi) is 4.44. The first-order chi connectivity index (χ1) is 7.45. The molecule has 0 aliphatic rings. The number of rotatable bonds is 4. The molecule has 0 amide bonds. The topological polar surface area (TPSA) is 50.2 Å². The Morgan fingerprint density at radius 2 is 2.19 bits per heavy atom. The fraction of sp³-hybridized carbons (Fsp3) is 0.333. The van der Waals surface area contributed by atoms with Gasteiger partial charge in [-0.15, -0.1) is 11.6 Å². The number of carbonyl (C=O) groups is 1. The van der Waals surface area contributed by atoms with Gasteiger partial charge in [0.25, 0.3) is 6.43 Å². The minimum Gasteiger partial charge on any atom is -0.481 e. The second kappa shape index (κ2) is 5.41. The van der Waals surface area contributed by atoms with Crippen LogP contribution in [0.1, 0.15) is 23.4 Å². The van der Waals surface area contributed by atoms with Gasteiger partial charge in [0, 0.05) is 0 Å². The molecule has 0 atom stereocenters. The first-order valence-corrected chi connectivity index (χ1v) is 5.11. The van der Waals surface area contributed by atoms with Gasteiger partial charge in [0.05, 0.1) is 23.0 Å². The summed E-state index contributed by atoms with van der Waals surface area (Å²) in [5, 5.41) is 8.34. The van der Waals surface area contributed by atoms with Crippen LogP contribution in [0.4, 0.5) is 8.78 Å². The summed E-state index contributed by atoms with van der Waals surface area (Å²) in [6.45, 7) is 0. The van der Waals surface area contributed by atoms with Crippen LogP contribution >= 0.6 is 23.2 Å². The number of aliphatic carboxylic acids is 1. The summed E-state index contributed by atoms with van der Waals surface area (Å²) < 4.78 is 24.9. The van der Waals surface area contributed by atoms with Crippen LogP contribution in [-0.2, 0) is 17.1 Å². The number of pyridine rings is 1. The minimum absolute atomic E-state index is 0.115. The highest BCUT2D eigenvalue weighted by molar-refractivity contribution is 6.31. The lowest BCUT2D eigenvalue weighted by molar-refractivity contribution is -0.136. The zero-order valence-corrected chi connectivity index (χ0v) is 9.40. The molecule has 0 aromatic carbocycles. The van der Waals surface area contributed by atoms with Crippen LogP contribution in [0.2, 0.25) is 5.02 Å². The monoisotopic (exact) mass is 269 g/mol. The highest BCUT2D eigenvalue weighted by atomic mass is 35.5. The van der Waals surface area contributed by atoms with Gasteiger partial charge in [-0.3, -0.25) is 4.79 Å². The molecule has 0 bridgehead atoms. The molecule has 0 unspecified atom stereocenters. The van der Waals surface area contributed by atoms with E-state index in [0.29, 0.717) is 0 Å². The summed E-state index contributed by atoms with van der Waals surface area (Å²) in [5.41, 5.74) is -0.216. The maximum atomic E-state index is 12.4. The number of hydrogen-bond donors (Lipinski definition) is 1.